The summed E-state index contributed by atoms with van der Waals surface area (Å²) in [6, 6.07) is 10.3. The summed E-state index contributed by atoms with van der Waals surface area (Å²) in [7, 11) is 1.96. The molecule has 0 saturated carbocycles. The van der Waals surface area contributed by atoms with Crippen LogP contribution >= 0.6 is 11.3 Å². The van der Waals surface area contributed by atoms with Crippen LogP contribution in [0.2, 0.25) is 0 Å². The van der Waals surface area contributed by atoms with Crippen LogP contribution in [0, 0.1) is 0 Å². The summed E-state index contributed by atoms with van der Waals surface area (Å²) in [6.45, 7) is 4.96. The Morgan fingerprint density at radius 2 is 2.08 bits per heavy atom. The van der Waals surface area contributed by atoms with Crippen molar-refractivity contribution in [2.45, 2.75) is 26.4 Å². The summed E-state index contributed by atoms with van der Waals surface area (Å²) in [5.74, 6) is 0.0415. The Hall–Kier alpha value is -2.18. The SMILES string of the molecule is CC(C)NC(=O)CN(C)Cc1c(-c2ccccc2)nc2sccn12. The Balaban J connectivity index is 1.85. The average molecular weight is 342 g/mol. The molecule has 1 aromatic carbocycles. The van der Waals surface area contributed by atoms with Crippen molar-refractivity contribution in [2.75, 3.05) is 13.6 Å². The lowest BCUT2D eigenvalue weighted by Crippen LogP contribution is -2.38. The fraction of sp³-hybridized carbons (Fsp3) is 0.333. The molecular weight excluding hydrogens is 320 g/mol. The van der Waals surface area contributed by atoms with E-state index in [9.17, 15) is 4.79 Å². The molecule has 3 aromatic rings. The van der Waals surface area contributed by atoms with Crippen molar-refractivity contribution in [2.24, 2.45) is 0 Å². The first-order valence-corrected chi connectivity index (χ1v) is 8.90. The van der Waals surface area contributed by atoms with Crippen LogP contribution in [-0.2, 0) is 11.3 Å². The molecule has 6 heteroatoms. The molecule has 0 radical (unpaired) electrons. The number of amides is 1. The van der Waals surface area contributed by atoms with E-state index in [1.807, 2.05) is 55.6 Å². The molecule has 0 aliphatic rings. The van der Waals surface area contributed by atoms with Crippen molar-refractivity contribution in [1.29, 1.82) is 0 Å². The van der Waals surface area contributed by atoms with Crippen LogP contribution in [-0.4, -0.2) is 39.8 Å². The second kappa shape index (κ2) is 7.15. The highest BCUT2D eigenvalue weighted by Crippen LogP contribution is 2.27. The minimum Gasteiger partial charge on any atom is -0.353 e. The van der Waals surface area contributed by atoms with E-state index >= 15 is 0 Å². The van der Waals surface area contributed by atoms with Gasteiger partial charge >= 0.3 is 0 Å². The van der Waals surface area contributed by atoms with E-state index in [0.717, 1.165) is 21.9 Å². The molecule has 0 unspecified atom stereocenters. The van der Waals surface area contributed by atoms with Gasteiger partial charge in [0.25, 0.3) is 0 Å². The van der Waals surface area contributed by atoms with Crippen molar-refractivity contribution in [3.05, 3.63) is 47.6 Å². The fourth-order valence-electron chi connectivity index (χ4n) is 2.74. The summed E-state index contributed by atoms with van der Waals surface area (Å²) in [5, 5.41) is 4.96. The smallest absolute Gasteiger partial charge is 0.234 e. The van der Waals surface area contributed by atoms with E-state index in [0.29, 0.717) is 13.1 Å². The molecule has 5 nitrogen and oxygen atoms in total. The Kier molecular flexibility index (Phi) is 4.97. The Morgan fingerprint density at radius 1 is 1.33 bits per heavy atom. The van der Waals surface area contributed by atoms with Crippen LogP contribution in [0.5, 0.6) is 0 Å². The van der Waals surface area contributed by atoms with Crippen molar-refractivity contribution < 1.29 is 4.79 Å². The average Bonchev–Trinajstić information content (AvgIpc) is 3.10. The number of fused-ring (bicyclic) bond motifs is 1. The topological polar surface area (TPSA) is 49.6 Å². The number of benzene rings is 1. The second-order valence-corrected chi connectivity index (χ2v) is 7.10. The predicted molar refractivity (Wildman–Crippen MR) is 98.1 cm³/mol. The van der Waals surface area contributed by atoms with Gasteiger partial charge in [0.05, 0.1) is 17.9 Å². The van der Waals surface area contributed by atoms with Crippen LogP contribution in [0.4, 0.5) is 0 Å². The van der Waals surface area contributed by atoms with Crippen molar-refractivity contribution >= 4 is 22.2 Å². The number of hydrogen-bond acceptors (Lipinski definition) is 4. The van der Waals surface area contributed by atoms with Gasteiger partial charge in [-0.3, -0.25) is 14.1 Å². The third kappa shape index (κ3) is 3.66. The number of thiazole rings is 1. The van der Waals surface area contributed by atoms with Crippen LogP contribution in [0.25, 0.3) is 16.2 Å². The number of carbonyl (C=O) groups excluding carboxylic acids is 1. The lowest BCUT2D eigenvalue weighted by Gasteiger charge is -2.18. The molecule has 0 fully saturated rings. The molecule has 0 aliphatic carbocycles. The van der Waals surface area contributed by atoms with E-state index in [1.165, 1.54) is 0 Å². The molecular formula is C18H22N4OS. The molecule has 126 valence electrons. The Morgan fingerprint density at radius 3 is 2.79 bits per heavy atom. The van der Waals surface area contributed by atoms with E-state index in [4.69, 9.17) is 4.98 Å². The summed E-state index contributed by atoms with van der Waals surface area (Å²) in [6.07, 6.45) is 2.04. The Bertz CT molecular complexity index is 822. The molecule has 2 aromatic heterocycles. The van der Waals surface area contributed by atoms with Gasteiger partial charge in [-0.1, -0.05) is 30.3 Å². The number of rotatable bonds is 6. The van der Waals surface area contributed by atoms with E-state index in [1.54, 1.807) is 11.3 Å². The molecule has 0 saturated heterocycles. The highest BCUT2D eigenvalue weighted by molar-refractivity contribution is 7.15. The highest BCUT2D eigenvalue weighted by Gasteiger charge is 2.17. The minimum absolute atomic E-state index is 0.0415. The molecule has 0 spiro atoms. The van der Waals surface area contributed by atoms with E-state index in [-0.39, 0.29) is 11.9 Å². The molecule has 24 heavy (non-hydrogen) atoms. The zero-order valence-electron chi connectivity index (χ0n) is 14.2. The maximum atomic E-state index is 12.0. The van der Waals surface area contributed by atoms with Crippen LogP contribution in [0.1, 0.15) is 19.5 Å². The Labute approximate surface area is 145 Å². The first-order chi connectivity index (χ1) is 11.5. The number of imidazole rings is 1. The van der Waals surface area contributed by atoms with Gasteiger partial charge in [-0.15, -0.1) is 11.3 Å². The van der Waals surface area contributed by atoms with Crippen molar-refractivity contribution in [3.63, 3.8) is 0 Å². The third-order valence-electron chi connectivity index (χ3n) is 3.69. The van der Waals surface area contributed by atoms with Gasteiger partial charge < -0.3 is 5.32 Å². The summed E-state index contributed by atoms with van der Waals surface area (Å²) >= 11 is 1.62. The van der Waals surface area contributed by atoms with Gasteiger partial charge in [-0.05, 0) is 20.9 Å². The van der Waals surface area contributed by atoms with Gasteiger partial charge in [0.2, 0.25) is 5.91 Å². The fourth-order valence-corrected chi connectivity index (χ4v) is 3.47. The number of aromatic nitrogens is 2. The number of likely N-dealkylation sites (N-methyl/N-ethyl adjacent to an activating group) is 1. The molecule has 1 amide bonds. The molecule has 2 heterocycles. The second-order valence-electron chi connectivity index (χ2n) is 6.22. The molecule has 0 aliphatic heterocycles. The quantitative estimate of drug-likeness (QED) is 0.749. The predicted octanol–water partition coefficient (Wildman–Crippen LogP) is 3.02. The highest BCUT2D eigenvalue weighted by atomic mass is 32.1. The third-order valence-corrected chi connectivity index (χ3v) is 4.45. The summed E-state index contributed by atoms with van der Waals surface area (Å²) in [5.41, 5.74) is 3.19. The first kappa shape index (κ1) is 16.7. The monoisotopic (exact) mass is 342 g/mol. The lowest BCUT2D eigenvalue weighted by atomic mass is 10.1. The van der Waals surface area contributed by atoms with Crippen LogP contribution in [0.3, 0.4) is 0 Å². The van der Waals surface area contributed by atoms with Gasteiger partial charge in [-0.25, -0.2) is 4.98 Å². The van der Waals surface area contributed by atoms with Gasteiger partial charge in [0, 0.05) is 29.7 Å². The van der Waals surface area contributed by atoms with Crippen LogP contribution < -0.4 is 5.32 Å². The normalized spacial score (nSPS) is 11.5. The van der Waals surface area contributed by atoms with Crippen molar-refractivity contribution in [1.82, 2.24) is 19.6 Å². The van der Waals surface area contributed by atoms with Crippen LogP contribution in [0.15, 0.2) is 41.9 Å². The van der Waals surface area contributed by atoms with Gasteiger partial charge in [0.1, 0.15) is 0 Å². The number of hydrogen-bond donors (Lipinski definition) is 1. The number of carbonyl (C=O) groups is 1. The summed E-state index contributed by atoms with van der Waals surface area (Å²) in [4.78, 5) is 19.8. The maximum absolute atomic E-state index is 12.0. The lowest BCUT2D eigenvalue weighted by molar-refractivity contribution is -0.122. The zero-order chi connectivity index (χ0) is 17.1. The number of nitrogens with zero attached hydrogens (tertiary/aromatic N) is 3. The van der Waals surface area contributed by atoms with E-state index in [2.05, 4.69) is 21.9 Å². The standard InChI is InChI=1S/C18H22N4OS/c1-13(2)19-16(23)12-21(3)11-15-17(14-7-5-4-6-8-14)20-18-22(15)9-10-24-18/h4-10,13H,11-12H2,1-3H3,(H,19,23). The maximum Gasteiger partial charge on any atom is 0.234 e. The summed E-state index contributed by atoms with van der Waals surface area (Å²) < 4.78 is 2.11. The molecule has 3 rings (SSSR count). The van der Waals surface area contributed by atoms with E-state index < -0.39 is 0 Å². The largest absolute Gasteiger partial charge is 0.353 e. The van der Waals surface area contributed by atoms with Gasteiger partial charge in [-0.2, -0.15) is 0 Å². The van der Waals surface area contributed by atoms with Crippen molar-refractivity contribution in [3.8, 4) is 11.3 Å². The minimum atomic E-state index is 0.0415. The van der Waals surface area contributed by atoms with Gasteiger partial charge in [0.15, 0.2) is 4.96 Å². The number of nitrogens with one attached hydrogen (secondary N) is 1. The zero-order valence-corrected chi connectivity index (χ0v) is 15.0. The first-order valence-electron chi connectivity index (χ1n) is 8.02. The molecule has 0 bridgehead atoms. The molecule has 1 N–H and O–H groups in total. The molecule has 0 atom stereocenters.